The third kappa shape index (κ3) is 3.71. The Balaban J connectivity index is 1.91. The third-order valence-electron chi connectivity index (χ3n) is 4.08. The fraction of sp³-hybridized carbons (Fsp3) is 0.625. The SMILES string of the molecule is CCc1ccc(OC)c(CNCC2(CNC)CC2)c1. The van der Waals surface area contributed by atoms with Crippen LogP contribution in [0.1, 0.15) is 30.9 Å². The highest BCUT2D eigenvalue weighted by atomic mass is 16.5. The predicted octanol–water partition coefficient (Wildman–Crippen LogP) is 2.35. The van der Waals surface area contributed by atoms with Crippen LogP contribution in [-0.4, -0.2) is 27.2 Å². The lowest BCUT2D eigenvalue weighted by Gasteiger charge is -2.16. The van der Waals surface area contributed by atoms with Gasteiger partial charge in [0.15, 0.2) is 0 Å². The van der Waals surface area contributed by atoms with Crippen molar-refractivity contribution in [3.05, 3.63) is 29.3 Å². The van der Waals surface area contributed by atoms with Gasteiger partial charge in [-0.25, -0.2) is 0 Å². The van der Waals surface area contributed by atoms with Gasteiger partial charge in [-0.3, -0.25) is 0 Å². The highest BCUT2D eigenvalue weighted by Crippen LogP contribution is 2.44. The van der Waals surface area contributed by atoms with Gasteiger partial charge in [0.25, 0.3) is 0 Å². The van der Waals surface area contributed by atoms with Crippen LogP contribution in [0.15, 0.2) is 18.2 Å². The fourth-order valence-electron chi connectivity index (χ4n) is 2.62. The average Bonchev–Trinajstić information content (AvgIpc) is 3.19. The summed E-state index contributed by atoms with van der Waals surface area (Å²) in [7, 11) is 3.78. The second-order valence-corrected chi connectivity index (χ2v) is 5.63. The van der Waals surface area contributed by atoms with Crippen LogP contribution in [0.3, 0.4) is 0 Å². The molecule has 1 aromatic rings. The zero-order valence-electron chi connectivity index (χ0n) is 12.4. The van der Waals surface area contributed by atoms with E-state index in [2.05, 4.69) is 35.8 Å². The molecular formula is C16H26N2O. The average molecular weight is 262 g/mol. The second kappa shape index (κ2) is 6.40. The summed E-state index contributed by atoms with van der Waals surface area (Å²) in [6.45, 7) is 5.28. The van der Waals surface area contributed by atoms with Gasteiger partial charge in [-0.15, -0.1) is 0 Å². The zero-order chi connectivity index (χ0) is 13.7. The largest absolute Gasteiger partial charge is 0.496 e. The molecule has 0 amide bonds. The molecule has 2 N–H and O–H groups in total. The van der Waals surface area contributed by atoms with E-state index in [9.17, 15) is 0 Å². The van der Waals surface area contributed by atoms with Gasteiger partial charge in [0.2, 0.25) is 0 Å². The molecule has 0 bridgehead atoms. The van der Waals surface area contributed by atoms with Crippen molar-refractivity contribution in [1.82, 2.24) is 10.6 Å². The van der Waals surface area contributed by atoms with Crippen molar-refractivity contribution < 1.29 is 4.74 Å². The smallest absolute Gasteiger partial charge is 0.123 e. The van der Waals surface area contributed by atoms with E-state index < -0.39 is 0 Å². The van der Waals surface area contributed by atoms with E-state index in [0.29, 0.717) is 5.41 Å². The van der Waals surface area contributed by atoms with Crippen molar-refractivity contribution in [2.45, 2.75) is 32.7 Å². The number of nitrogens with one attached hydrogen (secondary N) is 2. The topological polar surface area (TPSA) is 33.3 Å². The summed E-state index contributed by atoms with van der Waals surface area (Å²) in [6.07, 6.45) is 3.75. The van der Waals surface area contributed by atoms with E-state index in [-0.39, 0.29) is 0 Å². The first-order valence-electron chi connectivity index (χ1n) is 7.24. The quantitative estimate of drug-likeness (QED) is 0.754. The molecule has 0 saturated heterocycles. The monoisotopic (exact) mass is 262 g/mol. The maximum atomic E-state index is 5.44. The number of ether oxygens (including phenoxy) is 1. The Morgan fingerprint density at radius 2 is 2.05 bits per heavy atom. The maximum absolute atomic E-state index is 5.44. The number of rotatable bonds is 8. The Bertz CT molecular complexity index is 413. The molecule has 3 heteroatoms. The minimum Gasteiger partial charge on any atom is -0.496 e. The fourth-order valence-corrected chi connectivity index (χ4v) is 2.62. The molecule has 106 valence electrons. The lowest BCUT2D eigenvalue weighted by atomic mass is 10.1. The van der Waals surface area contributed by atoms with Gasteiger partial charge in [0.05, 0.1) is 7.11 Å². The van der Waals surface area contributed by atoms with Crippen molar-refractivity contribution in [2.75, 3.05) is 27.2 Å². The predicted molar refractivity (Wildman–Crippen MR) is 79.7 cm³/mol. The summed E-state index contributed by atoms with van der Waals surface area (Å²) < 4.78 is 5.44. The highest BCUT2D eigenvalue weighted by Gasteiger charge is 2.41. The Labute approximate surface area is 116 Å². The molecule has 1 aliphatic carbocycles. The molecule has 0 radical (unpaired) electrons. The molecule has 1 aromatic carbocycles. The van der Waals surface area contributed by atoms with Crippen molar-refractivity contribution in [2.24, 2.45) is 5.41 Å². The summed E-state index contributed by atoms with van der Waals surface area (Å²) in [5.41, 5.74) is 3.14. The second-order valence-electron chi connectivity index (χ2n) is 5.63. The molecule has 3 nitrogen and oxygen atoms in total. The van der Waals surface area contributed by atoms with Crippen molar-refractivity contribution in [3.8, 4) is 5.75 Å². The molecule has 19 heavy (non-hydrogen) atoms. The van der Waals surface area contributed by atoms with Crippen LogP contribution in [0.2, 0.25) is 0 Å². The molecule has 0 spiro atoms. The van der Waals surface area contributed by atoms with E-state index >= 15 is 0 Å². The highest BCUT2D eigenvalue weighted by molar-refractivity contribution is 5.37. The molecule has 1 aliphatic rings. The van der Waals surface area contributed by atoms with Gasteiger partial charge in [0, 0.05) is 25.2 Å². The van der Waals surface area contributed by atoms with Crippen LogP contribution in [0.4, 0.5) is 0 Å². The van der Waals surface area contributed by atoms with Gasteiger partial charge in [-0.2, -0.15) is 0 Å². The van der Waals surface area contributed by atoms with Crippen molar-refractivity contribution >= 4 is 0 Å². The third-order valence-corrected chi connectivity index (χ3v) is 4.08. The minimum absolute atomic E-state index is 0.504. The number of benzene rings is 1. The summed E-state index contributed by atoms with van der Waals surface area (Å²) >= 11 is 0. The maximum Gasteiger partial charge on any atom is 0.123 e. The lowest BCUT2D eigenvalue weighted by molar-refractivity contribution is 0.401. The van der Waals surface area contributed by atoms with Crippen LogP contribution >= 0.6 is 0 Å². The van der Waals surface area contributed by atoms with E-state index in [1.165, 1.54) is 24.0 Å². The number of methoxy groups -OCH3 is 1. The summed E-state index contributed by atoms with van der Waals surface area (Å²) in [5.74, 6) is 0.989. The van der Waals surface area contributed by atoms with Gasteiger partial charge < -0.3 is 15.4 Å². The first kappa shape index (κ1) is 14.4. The molecule has 2 rings (SSSR count). The van der Waals surface area contributed by atoms with Crippen LogP contribution in [0.5, 0.6) is 5.75 Å². The van der Waals surface area contributed by atoms with Crippen LogP contribution in [-0.2, 0) is 13.0 Å². The van der Waals surface area contributed by atoms with Gasteiger partial charge in [-0.05, 0) is 43.4 Å². The Hall–Kier alpha value is -1.06. The number of hydrogen-bond acceptors (Lipinski definition) is 3. The lowest BCUT2D eigenvalue weighted by Crippen LogP contribution is -2.31. The Kier molecular flexibility index (Phi) is 4.83. The molecule has 0 aliphatic heterocycles. The van der Waals surface area contributed by atoms with Gasteiger partial charge in [0.1, 0.15) is 5.75 Å². The minimum atomic E-state index is 0.504. The standard InChI is InChI=1S/C16H26N2O/c1-4-13-5-6-15(19-3)14(9-13)10-18-12-16(7-8-16)11-17-2/h5-6,9,17-18H,4,7-8,10-12H2,1-3H3. The van der Waals surface area contributed by atoms with Crippen molar-refractivity contribution in [3.63, 3.8) is 0 Å². The molecule has 0 unspecified atom stereocenters. The molecule has 1 saturated carbocycles. The summed E-state index contributed by atoms with van der Waals surface area (Å²) in [5, 5.41) is 6.89. The van der Waals surface area contributed by atoms with E-state index in [1.807, 2.05) is 7.05 Å². The first-order valence-corrected chi connectivity index (χ1v) is 7.24. The Morgan fingerprint density at radius 3 is 2.63 bits per heavy atom. The van der Waals surface area contributed by atoms with E-state index in [4.69, 9.17) is 4.74 Å². The number of hydrogen-bond donors (Lipinski definition) is 2. The normalized spacial score (nSPS) is 16.4. The molecule has 1 fully saturated rings. The number of aryl methyl sites for hydroxylation is 1. The van der Waals surface area contributed by atoms with E-state index in [0.717, 1.165) is 31.8 Å². The first-order chi connectivity index (χ1) is 9.23. The van der Waals surface area contributed by atoms with Gasteiger partial charge in [-0.1, -0.05) is 19.1 Å². The van der Waals surface area contributed by atoms with Crippen molar-refractivity contribution in [1.29, 1.82) is 0 Å². The van der Waals surface area contributed by atoms with E-state index in [1.54, 1.807) is 7.11 Å². The van der Waals surface area contributed by atoms with Crippen LogP contribution < -0.4 is 15.4 Å². The van der Waals surface area contributed by atoms with Gasteiger partial charge >= 0.3 is 0 Å². The molecular weight excluding hydrogens is 236 g/mol. The molecule has 0 heterocycles. The Morgan fingerprint density at radius 1 is 1.26 bits per heavy atom. The summed E-state index contributed by atoms with van der Waals surface area (Å²) in [4.78, 5) is 0. The van der Waals surface area contributed by atoms with Crippen LogP contribution in [0.25, 0.3) is 0 Å². The molecule has 0 atom stereocenters. The molecule has 0 aromatic heterocycles. The van der Waals surface area contributed by atoms with Crippen LogP contribution in [0, 0.1) is 5.41 Å². The zero-order valence-corrected chi connectivity index (χ0v) is 12.4. The summed E-state index contributed by atoms with van der Waals surface area (Å²) in [6, 6.07) is 6.48.